The quantitative estimate of drug-likeness (QED) is 0.892. The normalized spacial score (nSPS) is 16.9. The van der Waals surface area contributed by atoms with Crippen LogP contribution in [0.3, 0.4) is 0 Å². The molecular weight excluding hydrogens is 234 g/mol. The van der Waals surface area contributed by atoms with Crippen molar-refractivity contribution in [3.63, 3.8) is 0 Å². The zero-order valence-electron chi connectivity index (χ0n) is 10.4. The molecule has 0 aliphatic heterocycles. The van der Waals surface area contributed by atoms with E-state index in [4.69, 9.17) is 0 Å². The Bertz CT molecular complexity index is 560. The second kappa shape index (κ2) is 3.53. The molecule has 0 saturated heterocycles. The van der Waals surface area contributed by atoms with Crippen molar-refractivity contribution in [2.45, 2.75) is 51.6 Å². The Kier molecular flexibility index (Phi) is 2.32. The third-order valence-corrected chi connectivity index (χ3v) is 4.17. The smallest absolute Gasteiger partial charge is 0.212 e. The molecule has 2 aromatic rings. The van der Waals surface area contributed by atoms with Crippen LogP contribution < -0.4 is 0 Å². The highest BCUT2D eigenvalue weighted by atomic mass is 32.1. The summed E-state index contributed by atoms with van der Waals surface area (Å²) in [4.78, 5) is 5.56. The van der Waals surface area contributed by atoms with Gasteiger partial charge in [-0.2, -0.15) is 5.10 Å². The van der Waals surface area contributed by atoms with Crippen LogP contribution in [-0.2, 0) is 12.0 Å². The number of rotatable bonds is 2. The predicted molar refractivity (Wildman–Crippen MR) is 67.5 cm³/mol. The van der Waals surface area contributed by atoms with Crippen LogP contribution in [0, 0.1) is 0 Å². The third kappa shape index (κ3) is 1.77. The Morgan fingerprint density at radius 2 is 2.12 bits per heavy atom. The van der Waals surface area contributed by atoms with Gasteiger partial charge in [-0.15, -0.1) is 0 Å². The molecule has 1 aliphatic rings. The SMILES string of the molecule is CC(C)(C)c1nc2sc(C3CC3)nn2c1CO. The zero-order valence-corrected chi connectivity index (χ0v) is 11.2. The van der Waals surface area contributed by atoms with Gasteiger partial charge in [-0.05, 0) is 12.8 Å². The summed E-state index contributed by atoms with van der Waals surface area (Å²) in [6.07, 6.45) is 2.49. The zero-order chi connectivity index (χ0) is 12.2. The van der Waals surface area contributed by atoms with Gasteiger partial charge in [0.1, 0.15) is 5.01 Å². The predicted octanol–water partition coefficient (Wildman–Crippen LogP) is 2.46. The minimum absolute atomic E-state index is 0.00160. The van der Waals surface area contributed by atoms with Crippen molar-refractivity contribution < 1.29 is 5.11 Å². The van der Waals surface area contributed by atoms with Gasteiger partial charge in [0.15, 0.2) is 0 Å². The molecule has 1 saturated carbocycles. The number of hydrogen-bond donors (Lipinski definition) is 1. The molecule has 0 amide bonds. The fraction of sp³-hybridized carbons (Fsp3) is 0.667. The molecule has 3 rings (SSSR count). The highest BCUT2D eigenvalue weighted by Crippen LogP contribution is 2.42. The van der Waals surface area contributed by atoms with Crippen molar-refractivity contribution in [1.29, 1.82) is 0 Å². The first-order valence-corrected chi connectivity index (χ1v) is 6.82. The van der Waals surface area contributed by atoms with Crippen LogP contribution in [0.4, 0.5) is 0 Å². The number of fused-ring (bicyclic) bond motifs is 1. The summed E-state index contributed by atoms with van der Waals surface area (Å²) < 4.78 is 1.83. The highest BCUT2D eigenvalue weighted by Gasteiger charge is 2.30. The fourth-order valence-corrected chi connectivity index (χ4v) is 3.13. The van der Waals surface area contributed by atoms with E-state index in [9.17, 15) is 5.11 Å². The van der Waals surface area contributed by atoms with Gasteiger partial charge in [-0.25, -0.2) is 9.50 Å². The van der Waals surface area contributed by atoms with Crippen LogP contribution in [0.1, 0.15) is 55.9 Å². The monoisotopic (exact) mass is 251 g/mol. The Morgan fingerprint density at radius 3 is 2.65 bits per heavy atom. The third-order valence-electron chi connectivity index (χ3n) is 3.10. The summed E-state index contributed by atoms with van der Waals surface area (Å²) in [6.45, 7) is 6.34. The molecule has 1 fully saturated rings. The summed E-state index contributed by atoms with van der Waals surface area (Å²) in [5.41, 5.74) is 1.75. The average molecular weight is 251 g/mol. The molecule has 0 radical (unpaired) electrons. The maximum Gasteiger partial charge on any atom is 0.212 e. The Balaban J connectivity index is 2.16. The molecule has 2 heterocycles. The molecule has 5 heteroatoms. The molecule has 0 aromatic carbocycles. The average Bonchev–Trinajstić information content (AvgIpc) is 2.89. The van der Waals surface area contributed by atoms with Crippen molar-refractivity contribution in [3.8, 4) is 0 Å². The lowest BCUT2D eigenvalue weighted by Crippen LogP contribution is -2.15. The largest absolute Gasteiger partial charge is 0.390 e. The van der Waals surface area contributed by atoms with Gasteiger partial charge >= 0.3 is 0 Å². The maximum absolute atomic E-state index is 9.54. The first kappa shape index (κ1) is 11.2. The number of nitrogens with zero attached hydrogens (tertiary/aromatic N) is 3. The number of aliphatic hydroxyl groups is 1. The fourth-order valence-electron chi connectivity index (χ4n) is 2.04. The molecule has 0 unspecified atom stereocenters. The topological polar surface area (TPSA) is 50.4 Å². The molecular formula is C12H17N3OS. The molecule has 0 spiro atoms. The summed E-state index contributed by atoms with van der Waals surface area (Å²) >= 11 is 1.66. The Hall–Kier alpha value is -0.940. The van der Waals surface area contributed by atoms with Gasteiger partial charge in [0.05, 0.1) is 18.0 Å². The Labute approximate surface area is 104 Å². The van der Waals surface area contributed by atoms with Gasteiger partial charge < -0.3 is 5.11 Å². The van der Waals surface area contributed by atoms with Crippen molar-refractivity contribution >= 4 is 16.3 Å². The van der Waals surface area contributed by atoms with E-state index in [-0.39, 0.29) is 12.0 Å². The van der Waals surface area contributed by atoms with Gasteiger partial charge in [0.25, 0.3) is 0 Å². The van der Waals surface area contributed by atoms with Gasteiger partial charge in [0, 0.05) is 11.3 Å². The van der Waals surface area contributed by atoms with E-state index in [0.29, 0.717) is 5.92 Å². The molecule has 2 aromatic heterocycles. The van der Waals surface area contributed by atoms with E-state index in [2.05, 4.69) is 30.9 Å². The second-order valence-electron chi connectivity index (χ2n) is 5.72. The number of aliphatic hydroxyl groups excluding tert-OH is 1. The maximum atomic E-state index is 9.54. The van der Waals surface area contributed by atoms with Crippen LogP contribution in [0.2, 0.25) is 0 Å². The van der Waals surface area contributed by atoms with Crippen LogP contribution in [0.5, 0.6) is 0 Å². The van der Waals surface area contributed by atoms with Gasteiger partial charge in [-0.1, -0.05) is 32.1 Å². The van der Waals surface area contributed by atoms with Crippen LogP contribution >= 0.6 is 11.3 Å². The minimum atomic E-state index is -0.0504. The van der Waals surface area contributed by atoms with Gasteiger partial charge in [0.2, 0.25) is 4.96 Å². The van der Waals surface area contributed by atoms with Crippen molar-refractivity contribution in [2.75, 3.05) is 0 Å². The lowest BCUT2D eigenvalue weighted by Gasteiger charge is -2.16. The van der Waals surface area contributed by atoms with E-state index in [0.717, 1.165) is 16.3 Å². The lowest BCUT2D eigenvalue weighted by molar-refractivity contribution is 0.270. The van der Waals surface area contributed by atoms with E-state index in [1.54, 1.807) is 11.3 Å². The standard InChI is InChI=1S/C12H17N3OS/c1-12(2,3)9-8(6-16)15-11(13-9)17-10(14-15)7-4-5-7/h7,16H,4-6H2,1-3H3. The number of aromatic nitrogens is 3. The van der Waals surface area contributed by atoms with E-state index >= 15 is 0 Å². The van der Waals surface area contributed by atoms with E-state index < -0.39 is 0 Å². The molecule has 4 nitrogen and oxygen atoms in total. The molecule has 92 valence electrons. The van der Waals surface area contributed by atoms with Crippen molar-refractivity contribution in [1.82, 2.24) is 14.6 Å². The lowest BCUT2D eigenvalue weighted by atomic mass is 9.91. The second-order valence-corrected chi connectivity index (χ2v) is 6.71. The highest BCUT2D eigenvalue weighted by molar-refractivity contribution is 7.16. The Morgan fingerprint density at radius 1 is 1.41 bits per heavy atom. The summed E-state index contributed by atoms with van der Waals surface area (Å²) in [7, 11) is 0. The molecule has 0 atom stereocenters. The summed E-state index contributed by atoms with van der Waals surface area (Å²) in [6, 6.07) is 0. The first-order chi connectivity index (χ1) is 8.00. The number of hydrogen-bond acceptors (Lipinski definition) is 4. The summed E-state index contributed by atoms with van der Waals surface area (Å²) in [5, 5.41) is 15.3. The van der Waals surface area contributed by atoms with Crippen LogP contribution in [0.25, 0.3) is 4.96 Å². The van der Waals surface area contributed by atoms with Crippen molar-refractivity contribution in [2.24, 2.45) is 0 Å². The molecule has 17 heavy (non-hydrogen) atoms. The van der Waals surface area contributed by atoms with E-state index in [1.165, 1.54) is 17.8 Å². The number of imidazole rings is 1. The van der Waals surface area contributed by atoms with Crippen molar-refractivity contribution in [3.05, 3.63) is 16.4 Å². The first-order valence-electron chi connectivity index (χ1n) is 6.00. The molecule has 1 aliphatic carbocycles. The molecule has 1 N–H and O–H groups in total. The van der Waals surface area contributed by atoms with Crippen LogP contribution in [-0.4, -0.2) is 19.7 Å². The molecule has 0 bridgehead atoms. The summed E-state index contributed by atoms with van der Waals surface area (Å²) in [5.74, 6) is 0.645. The van der Waals surface area contributed by atoms with E-state index in [1.807, 2.05) is 4.52 Å². The van der Waals surface area contributed by atoms with Gasteiger partial charge in [-0.3, -0.25) is 0 Å². The van der Waals surface area contributed by atoms with Crippen LogP contribution in [0.15, 0.2) is 0 Å². The minimum Gasteiger partial charge on any atom is -0.390 e.